The van der Waals surface area contributed by atoms with Crippen molar-refractivity contribution in [1.29, 1.82) is 10.5 Å². The monoisotopic (exact) mass is 479 g/mol. The summed E-state index contributed by atoms with van der Waals surface area (Å²) in [5.74, 6) is -0.947. The van der Waals surface area contributed by atoms with Gasteiger partial charge in [0.1, 0.15) is 17.0 Å². The maximum absolute atomic E-state index is 13.2. The molecule has 35 heavy (non-hydrogen) atoms. The molecule has 0 bridgehead atoms. The molecular weight excluding hydrogens is 458 g/mol. The molecule has 0 radical (unpaired) electrons. The van der Waals surface area contributed by atoms with E-state index in [2.05, 4.69) is 11.1 Å². The summed E-state index contributed by atoms with van der Waals surface area (Å²) in [6, 6.07) is 21.5. The Balaban J connectivity index is 1.75. The van der Waals surface area contributed by atoms with E-state index in [9.17, 15) is 20.1 Å². The highest BCUT2D eigenvalue weighted by molar-refractivity contribution is 7.14. The Morgan fingerprint density at radius 1 is 1.09 bits per heavy atom. The summed E-state index contributed by atoms with van der Waals surface area (Å²) in [5, 5.41) is 20.4. The SMILES string of the molecule is CCOC(=O)c1sc(CC(=O)/C(C#N)=C/c2c(-c3ccccc3)[nH]c3ccccc23)c(C#N)c1C. The number of aromatic nitrogens is 1. The molecule has 0 fully saturated rings. The number of allylic oxidation sites excluding steroid dienone is 1. The van der Waals surface area contributed by atoms with Crippen LogP contribution in [-0.4, -0.2) is 23.3 Å². The number of Topliss-reactive ketones (excluding diaryl/α,β-unsaturated/α-hetero) is 1. The predicted octanol–water partition coefficient (Wildman–Crippen LogP) is 5.97. The second-order valence-corrected chi connectivity index (χ2v) is 8.89. The molecule has 0 saturated carbocycles. The van der Waals surface area contributed by atoms with Crippen molar-refractivity contribution >= 4 is 40.1 Å². The minimum Gasteiger partial charge on any atom is -0.462 e. The summed E-state index contributed by atoms with van der Waals surface area (Å²) < 4.78 is 5.07. The maximum Gasteiger partial charge on any atom is 0.348 e. The number of nitriles is 2. The molecule has 4 rings (SSSR count). The average molecular weight is 480 g/mol. The highest BCUT2D eigenvalue weighted by atomic mass is 32.1. The average Bonchev–Trinajstić information content (AvgIpc) is 3.40. The van der Waals surface area contributed by atoms with E-state index in [1.54, 1.807) is 19.9 Å². The van der Waals surface area contributed by atoms with E-state index >= 15 is 0 Å². The Kier molecular flexibility index (Phi) is 6.91. The van der Waals surface area contributed by atoms with Crippen molar-refractivity contribution in [2.45, 2.75) is 20.3 Å². The molecule has 0 aliphatic rings. The number of esters is 1. The number of carbonyl (C=O) groups excluding carboxylic acids is 2. The summed E-state index contributed by atoms with van der Waals surface area (Å²) in [5.41, 5.74) is 4.11. The zero-order chi connectivity index (χ0) is 24.9. The zero-order valence-electron chi connectivity index (χ0n) is 19.2. The Hall–Kier alpha value is -4.46. The molecule has 0 unspecified atom stereocenters. The van der Waals surface area contributed by atoms with Crippen molar-refractivity contribution in [3.8, 4) is 23.4 Å². The number of thiophene rings is 1. The molecule has 7 heteroatoms. The van der Waals surface area contributed by atoms with Gasteiger partial charge in [0.25, 0.3) is 0 Å². The molecule has 172 valence electrons. The number of nitrogens with zero attached hydrogens (tertiary/aromatic N) is 2. The number of nitrogens with one attached hydrogen (secondary N) is 1. The first-order valence-corrected chi connectivity index (χ1v) is 11.8. The molecule has 2 heterocycles. The fourth-order valence-corrected chi connectivity index (χ4v) is 5.09. The molecule has 1 N–H and O–H groups in total. The van der Waals surface area contributed by atoms with Crippen LogP contribution in [-0.2, 0) is 16.0 Å². The van der Waals surface area contributed by atoms with E-state index in [0.717, 1.165) is 39.1 Å². The van der Waals surface area contributed by atoms with Crippen LogP contribution in [0.25, 0.3) is 28.2 Å². The van der Waals surface area contributed by atoms with Gasteiger partial charge in [-0.15, -0.1) is 11.3 Å². The number of para-hydroxylation sites is 1. The van der Waals surface area contributed by atoms with Gasteiger partial charge < -0.3 is 9.72 Å². The van der Waals surface area contributed by atoms with Gasteiger partial charge in [-0.25, -0.2) is 4.79 Å². The number of benzene rings is 2. The lowest BCUT2D eigenvalue weighted by Crippen LogP contribution is -2.05. The van der Waals surface area contributed by atoms with E-state index in [1.165, 1.54) is 0 Å². The van der Waals surface area contributed by atoms with Crippen LogP contribution < -0.4 is 0 Å². The summed E-state index contributed by atoms with van der Waals surface area (Å²) in [6.07, 6.45) is 1.44. The molecule has 0 atom stereocenters. The molecule has 0 aliphatic heterocycles. The smallest absolute Gasteiger partial charge is 0.348 e. The van der Waals surface area contributed by atoms with E-state index in [-0.39, 0.29) is 24.2 Å². The predicted molar refractivity (Wildman–Crippen MR) is 136 cm³/mol. The van der Waals surface area contributed by atoms with Crippen LogP contribution in [0.2, 0.25) is 0 Å². The van der Waals surface area contributed by atoms with Gasteiger partial charge in [0.15, 0.2) is 5.78 Å². The topological polar surface area (TPSA) is 107 Å². The number of hydrogen-bond acceptors (Lipinski definition) is 6. The van der Waals surface area contributed by atoms with E-state index < -0.39 is 11.8 Å². The van der Waals surface area contributed by atoms with Gasteiger partial charge in [-0.2, -0.15) is 10.5 Å². The Morgan fingerprint density at radius 2 is 1.80 bits per heavy atom. The molecule has 0 aliphatic carbocycles. The van der Waals surface area contributed by atoms with Crippen LogP contribution in [0.3, 0.4) is 0 Å². The normalized spacial score (nSPS) is 11.1. The van der Waals surface area contributed by atoms with Gasteiger partial charge in [0, 0.05) is 27.8 Å². The van der Waals surface area contributed by atoms with Crippen molar-refractivity contribution < 1.29 is 14.3 Å². The van der Waals surface area contributed by atoms with E-state index in [1.807, 2.05) is 60.7 Å². The van der Waals surface area contributed by atoms with Gasteiger partial charge >= 0.3 is 5.97 Å². The van der Waals surface area contributed by atoms with Crippen LogP contribution in [0.5, 0.6) is 0 Å². The zero-order valence-corrected chi connectivity index (χ0v) is 20.0. The number of carbonyl (C=O) groups is 2. The fraction of sp³-hybridized carbons (Fsp3) is 0.143. The second kappa shape index (κ2) is 10.2. The third-order valence-electron chi connectivity index (χ3n) is 5.63. The lowest BCUT2D eigenvalue weighted by atomic mass is 9.99. The number of hydrogen-bond donors (Lipinski definition) is 1. The van der Waals surface area contributed by atoms with Gasteiger partial charge in [-0.3, -0.25) is 4.79 Å². The molecular formula is C28H21N3O3S. The minimum absolute atomic E-state index is 0.0282. The molecule has 6 nitrogen and oxygen atoms in total. The number of fused-ring (bicyclic) bond motifs is 1. The van der Waals surface area contributed by atoms with Crippen LogP contribution in [0.4, 0.5) is 0 Å². The largest absolute Gasteiger partial charge is 0.462 e. The first-order chi connectivity index (χ1) is 17.0. The molecule has 0 saturated heterocycles. The number of aromatic amines is 1. The van der Waals surface area contributed by atoms with Crippen LogP contribution in [0.15, 0.2) is 60.2 Å². The number of ketones is 1. The second-order valence-electron chi connectivity index (χ2n) is 7.78. The van der Waals surface area contributed by atoms with Crippen LogP contribution in [0.1, 0.15) is 38.2 Å². The van der Waals surface area contributed by atoms with Crippen molar-refractivity contribution in [3.05, 3.63) is 86.6 Å². The summed E-state index contributed by atoms with van der Waals surface area (Å²) in [7, 11) is 0. The van der Waals surface area contributed by atoms with Crippen LogP contribution >= 0.6 is 11.3 Å². The molecule has 2 aromatic carbocycles. The van der Waals surface area contributed by atoms with Crippen molar-refractivity contribution in [2.75, 3.05) is 6.61 Å². The van der Waals surface area contributed by atoms with Gasteiger partial charge in [-0.05, 0) is 37.1 Å². The lowest BCUT2D eigenvalue weighted by molar-refractivity contribution is -0.114. The standard InChI is InChI=1S/C28H21N3O3S/c1-3-34-28(33)27-17(2)22(16-30)25(35-27)14-24(32)19(15-29)13-21-20-11-7-8-12-23(20)31-26(21)18-9-5-4-6-10-18/h4-13,31H,3,14H2,1-2H3/b19-13+. The third kappa shape index (κ3) is 4.63. The quantitative estimate of drug-likeness (QED) is 0.200. The first kappa shape index (κ1) is 23.7. The number of ether oxygens (including phenoxy) is 1. The van der Waals surface area contributed by atoms with Crippen molar-refractivity contribution in [2.24, 2.45) is 0 Å². The maximum atomic E-state index is 13.2. The fourth-order valence-electron chi connectivity index (χ4n) is 3.94. The van der Waals surface area contributed by atoms with E-state index in [4.69, 9.17) is 4.74 Å². The van der Waals surface area contributed by atoms with E-state index in [0.29, 0.717) is 15.3 Å². The Labute approximate surface area is 206 Å². The summed E-state index contributed by atoms with van der Waals surface area (Å²) in [4.78, 5) is 29.6. The summed E-state index contributed by atoms with van der Waals surface area (Å²) >= 11 is 1.06. The molecule has 4 aromatic rings. The lowest BCUT2D eigenvalue weighted by Gasteiger charge is -2.03. The Morgan fingerprint density at radius 3 is 2.49 bits per heavy atom. The Bertz CT molecular complexity index is 1550. The molecule has 0 amide bonds. The molecule has 2 aromatic heterocycles. The minimum atomic E-state index is -0.521. The van der Waals surface area contributed by atoms with Gasteiger partial charge in [0.05, 0.1) is 23.4 Å². The van der Waals surface area contributed by atoms with Crippen molar-refractivity contribution in [3.63, 3.8) is 0 Å². The van der Waals surface area contributed by atoms with Gasteiger partial charge in [-0.1, -0.05) is 48.5 Å². The van der Waals surface area contributed by atoms with Crippen LogP contribution in [0, 0.1) is 29.6 Å². The highest BCUT2D eigenvalue weighted by Crippen LogP contribution is 2.33. The van der Waals surface area contributed by atoms with Crippen molar-refractivity contribution in [1.82, 2.24) is 4.98 Å². The third-order valence-corrected chi connectivity index (χ3v) is 6.90. The highest BCUT2D eigenvalue weighted by Gasteiger charge is 2.24. The number of rotatable bonds is 7. The van der Waals surface area contributed by atoms with Gasteiger partial charge in [0.2, 0.25) is 0 Å². The molecule has 0 spiro atoms. The summed E-state index contributed by atoms with van der Waals surface area (Å²) in [6.45, 7) is 3.57. The number of H-pyrrole nitrogens is 1. The first-order valence-electron chi connectivity index (χ1n) is 11.0.